The molecular formula is C15H21BrN2O3. The predicted octanol–water partition coefficient (Wildman–Crippen LogP) is 2.93. The summed E-state index contributed by atoms with van der Waals surface area (Å²) in [5, 5.41) is 11.7. The van der Waals surface area contributed by atoms with E-state index in [1.807, 2.05) is 26.0 Å². The monoisotopic (exact) mass is 356 g/mol. The molecule has 5 nitrogen and oxygen atoms in total. The van der Waals surface area contributed by atoms with Gasteiger partial charge >= 0.3 is 12.0 Å². The molecule has 0 aliphatic carbocycles. The zero-order valence-corrected chi connectivity index (χ0v) is 14.3. The molecule has 0 bridgehead atoms. The Morgan fingerprint density at radius 2 is 1.86 bits per heavy atom. The topological polar surface area (TPSA) is 69.6 Å². The largest absolute Gasteiger partial charge is 0.481 e. The van der Waals surface area contributed by atoms with Crippen LogP contribution < -0.4 is 5.32 Å². The Morgan fingerprint density at radius 3 is 2.33 bits per heavy atom. The molecule has 0 heterocycles. The van der Waals surface area contributed by atoms with Gasteiger partial charge in [0.25, 0.3) is 0 Å². The Bertz CT molecular complexity index is 523. The van der Waals surface area contributed by atoms with Crippen LogP contribution in [-0.4, -0.2) is 35.6 Å². The highest BCUT2D eigenvalue weighted by Gasteiger charge is 2.17. The highest BCUT2D eigenvalue weighted by atomic mass is 79.9. The van der Waals surface area contributed by atoms with Crippen LogP contribution in [0.2, 0.25) is 0 Å². The number of aryl methyl sites for hydroxylation is 2. The van der Waals surface area contributed by atoms with Crippen molar-refractivity contribution in [2.75, 3.05) is 13.6 Å². The van der Waals surface area contributed by atoms with E-state index in [2.05, 4.69) is 21.2 Å². The molecular weight excluding hydrogens is 336 g/mol. The predicted molar refractivity (Wildman–Crippen MR) is 85.3 cm³/mol. The first-order valence-corrected chi connectivity index (χ1v) is 7.49. The number of nitrogens with one attached hydrogen (secondary N) is 1. The van der Waals surface area contributed by atoms with Crippen LogP contribution in [0.4, 0.5) is 4.79 Å². The van der Waals surface area contributed by atoms with Crippen molar-refractivity contribution in [1.82, 2.24) is 10.2 Å². The number of nitrogens with zero attached hydrogens (tertiary/aromatic N) is 1. The number of hydrogen-bond acceptors (Lipinski definition) is 2. The number of urea groups is 1. The first kappa shape index (κ1) is 17.5. The van der Waals surface area contributed by atoms with Crippen LogP contribution in [-0.2, 0) is 11.3 Å². The summed E-state index contributed by atoms with van der Waals surface area (Å²) in [5.74, 6) is -1.49. The van der Waals surface area contributed by atoms with Gasteiger partial charge in [0.15, 0.2) is 0 Å². The van der Waals surface area contributed by atoms with E-state index in [0.29, 0.717) is 6.54 Å². The van der Waals surface area contributed by atoms with Crippen LogP contribution in [0.15, 0.2) is 16.6 Å². The zero-order valence-electron chi connectivity index (χ0n) is 12.7. The summed E-state index contributed by atoms with van der Waals surface area (Å²) >= 11 is 3.44. The number of carbonyl (C=O) groups is 2. The Hall–Kier alpha value is -1.56. The average Bonchev–Trinajstić information content (AvgIpc) is 2.36. The molecule has 0 spiro atoms. The summed E-state index contributed by atoms with van der Waals surface area (Å²) in [4.78, 5) is 24.2. The average molecular weight is 357 g/mol. The first-order chi connectivity index (χ1) is 9.72. The first-order valence-electron chi connectivity index (χ1n) is 6.69. The van der Waals surface area contributed by atoms with Crippen molar-refractivity contribution in [3.63, 3.8) is 0 Å². The second-order valence-corrected chi connectivity index (χ2v) is 6.21. The molecule has 0 aliphatic rings. The summed E-state index contributed by atoms with van der Waals surface area (Å²) in [7, 11) is 1.59. The van der Waals surface area contributed by atoms with Crippen LogP contribution in [0.5, 0.6) is 0 Å². The summed E-state index contributed by atoms with van der Waals surface area (Å²) < 4.78 is 1.01. The number of aliphatic carboxylic acids is 1. The van der Waals surface area contributed by atoms with Gasteiger partial charge in [-0.1, -0.05) is 22.9 Å². The van der Waals surface area contributed by atoms with E-state index in [0.717, 1.165) is 21.2 Å². The van der Waals surface area contributed by atoms with Gasteiger partial charge in [0, 0.05) is 24.6 Å². The van der Waals surface area contributed by atoms with Crippen molar-refractivity contribution in [3.8, 4) is 0 Å². The molecule has 2 amide bonds. The summed E-state index contributed by atoms with van der Waals surface area (Å²) in [5.41, 5.74) is 3.28. The molecule has 21 heavy (non-hydrogen) atoms. The van der Waals surface area contributed by atoms with Gasteiger partial charge < -0.3 is 15.3 Å². The third-order valence-electron chi connectivity index (χ3n) is 3.39. The second-order valence-electron chi connectivity index (χ2n) is 5.30. The van der Waals surface area contributed by atoms with Gasteiger partial charge in [0.2, 0.25) is 0 Å². The Labute approximate surface area is 133 Å². The zero-order chi connectivity index (χ0) is 16.2. The van der Waals surface area contributed by atoms with E-state index in [1.165, 1.54) is 4.90 Å². The number of carbonyl (C=O) groups excluding carboxylic acids is 1. The lowest BCUT2D eigenvalue weighted by Crippen LogP contribution is -2.40. The molecule has 2 N–H and O–H groups in total. The van der Waals surface area contributed by atoms with E-state index in [1.54, 1.807) is 14.0 Å². The number of carboxylic acid groups (broad SMARTS) is 1. The van der Waals surface area contributed by atoms with E-state index in [-0.39, 0.29) is 12.6 Å². The minimum Gasteiger partial charge on any atom is -0.481 e. The molecule has 0 aliphatic heterocycles. The van der Waals surface area contributed by atoms with Crippen molar-refractivity contribution in [1.29, 1.82) is 0 Å². The quantitative estimate of drug-likeness (QED) is 0.851. The van der Waals surface area contributed by atoms with Crippen LogP contribution in [0, 0.1) is 19.8 Å². The van der Waals surface area contributed by atoms with Gasteiger partial charge in [-0.3, -0.25) is 4.79 Å². The molecule has 1 unspecified atom stereocenters. The molecule has 1 atom stereocenters. The molecule has 1 aromatic rings. The molecule has 0 aromatic heterocycles. The van der Waals surface area contributed by atoms with Crippen molar-refractivity contribution in [2.24, 2.45) is 5.92 Å². The number of carboxylic acids is 1. The van der Waals surface area contributed by atoms with Gasteiger partial charge in [-0.2, -0.15) is 0 Å². The van der Waals surface area contributed by atoms with Gasteiger partial charge in [-0.25, -0.2) is 4.79 Å². The summed E-state index contributed by atoms with van der Waals surface area (Å²) in [6.45, 7) is 6.18. The third kappa shape index (κ3) is 5.04. The summed E-state index contributed by atoms with van der Waals surface area (Å²) in [6.07, 6.45) is 0. The maximum Gasteiger partial charge on any atom is 0.317 e. The molecule has 0 saturated heterocycles. The van der Waals surface area contributed by atoms with Crippen LogP contribution in [0.3, 0.4) is 0 Å². The number of halogens is 1. The maximum atomic E-state index is 12.0. The highest BCUT2D eigenvalue weighted by molar-refractivity contribution is 9.10. The molecule has 1 aromatic carbocycles. The fourth-order valence-electron chi connectivity index (χ4n) is 2.09. The Balaban J connectivity index is 2.63. The lowest BCUT2D eigenvalue weighted by molar-refractivity contribution is -0.141. The van der Waals surface area contributed by atoms with Crippen LogP contribution >= 0.6 is 15.9 Å². The summed E-state index contributed by atoms with van der Waals surface area (Å²) in [6, 6.07) is 3.74. The number of hydrogen-bond donors (Lipinski definition) is 2. The number of amides is 2. The fourth-order valence-corrected chi connectivity index (χ4v) is 2.78. The van der Waals surface area contributed by atoms with E-state index < -0.39 is 11.9 Å². The van der Waals surface area contributed by atoms with Crippen molar-refractivity contribution >= 4 is 27.9 Å². The molecule has 0 radical (unpaired) electrons. The Kier molecular flexibility index (Phi) is 6.20. The molecule has 6 heteroatoms. The third-order valence-corrected chi connectivity index (χ3v) is 3.85. The minimum atomic E-state index is -0.908. The van der Waals surface area contributed by atoms with Crippen LogP contribution in [0.1, 0.15) is 23.6 Å². The Morgan fingerprint density at radius 1 is 1.33 bits per heavy atom. The SMILES string of the molecule is Cc1cc(Br)cc(C)c1CNC(=O)N(C)CC(C)C(=O)O. The standard InChI is InChI=1S/C15H21BrN2O3/c1-9-5-12(16)6-10(2)13(9)7-17-15(21)18(4)8-11(3)14(19)20/h5-6,11H,7-8H2,1-4H3,(H,17,21)(H,19,20). The van der Waals surface area contributed by atoms with E-state index in [9.17, 15) is 9.59 Å². The molecule has 0 fully saturated rings. The molecule has 116 valence electrons. The number of benzene rings is 1. The number of rotatable bonds is 5. The highest BCUT2D eigenvalue weighted by Crippen LogP contribution is 2.20. The molecule has 0 saturated carbocycles. The van der Waals surface area contributed by atoms with Gasteiger partial charge in [0.1, 0.15) is 0 Å². The van der Waals surface area contributed by atoms with Gasteiger partial charge in [0.05, 0.1) is 5.92 Å². The van der Waals surface area contributed by atoms with E-state index in [4.69, 9.17) is 5.11 Å². The minimum absolute atomic E-state index is 0.180. The van der Waals surface area contributed by atoms with Crippen molar-refractivity contribution in [3.05, 3.63) is 33.3 Å². The van der Waals surface area contributed by atoms with Crippen molar-refractivity contribution < 1.29 is 14.7 Å². The van der Waals surface area contributed by atoms with Crippen molar-refractivity contribution in [2.45, 2.75) is 27.3 Å². The maximum absolute atomic E-state index is 12.0. The van der Waals surface area contributed by atoms with E-state index >= 15 is 0 Å². The molecule has 1 rings (SSSR count). The van der Waals surface area contributed by atoms with Gasteiger partial charge in [-0.05, 0) is 42.7 Å². The van der Waals surface area contributed by atoms with Gasteiger partial charge in [-0.15, -0.1) is 0 Å². The smallest absolute Gasteiger partial charge is 0.317 e. The lowest BCUT2D eigenvalue weighted by atomic mass is 10.0. The van der Waals surface area contributed by atoms with Crippen LogP contribution in [0.25, 0.3) is 0 Å². The lowest BCUT2D eigenvalue weighted by Gasteiger charge is -2.21. The second kappa shape index (κ2) is 7.45. The fraction of sp³-hybridized carbons (Fsp3) is 0.467. The normalized spacial score (nSPS) is 11.9.